The quantitative estimate of drug-likeness (QED) is 0.795. The van der Waals surface area contributed by atoms with E-state index in [1.165, 1.54) is 4.31 Å². The highest BCUT2D eigenvalue weighted by atomic mass is 32.2. The molecule has 1 aromatic rings. The van der Waals surface area contributed by atoms with Crippen LogP contribution in [0.1, 0.15) is 37.0 Å². The first-order valence-corrected chi connectivity index (χ1v) is 11.5. The second-order valence-corrected chi connectivity index (χ2v) is 11.3. The summed E-state index contributed by atoms with van der Waals surface area (Å²) in [7, 11) is -6.89. The molecular weight excluding hydrogens is 346 g/mol. The van der Waals surface area contributed by atoms with Gasteiger partial charge in [-0.1, -0.05) is 31.5 Å². The predicted molar refractivity (Wildman–Crippen MR) is 96.4 cm³/mol. The van der Waals surface area contributed by atoms with Gasteiger partial charge < -0.3 is 0 Å². The normalized spacial score (nSPS) is 20.9. The number of aryl methyl sites for hydroxylation is 3. The van der Waals surface area contributed by atoms with Gasteiger partial charge in [-0.05, 0) is 44.2 Å². The topological polar surface area (TPSA) is 71.5 Å². The first-order valence-electron chi connectivity index (χ1n) is 8.24. The summed E-state index contributed by atoms with van der Waals surface area (Å²) in [6.07, 6.45) is 0.373. The SMILES string of the molecule is Cc1cc(C)c(S(=O)(=O)N(CC(C)C)[C@@H]2CCS(=O)(=O)C2)c(C)c1. The van der Waals surface area contributed by atoms with Crippen LogP contribution >= 0.6 is 0 Å². The molecule has 136 valence electrons. The van der Waals surface area contributed by atoms with E-state index < -0.39 is 25.9 Å². The summed E-state index contributed by atoms with van der Waals surface area (Å²) in [5.41, 5.74) is 2.44. The molecule has 1 atom stereocenters. The number of sulfone groups is 1. The number of benzene rings is 1. The van der Waals surface area contributed by atoms with Gasteiger partial charge in [-0.25, -0.2) is 16.8 Å². The zero-order valence-corrected chi connectivity index (χ0v) is 16.7. The zero-order chi connectivity index (χ0) is 18.3. The fourth-order valence-corrected chi connectivity index (χ4v) is 7.55. The minimum Gasteiger partial charge on any atom is -0.229 e. The third kappa shape index (κ3) is 4.00. The summed E-state index contributed by atoms with van der Waals surface area (Å²) in [5.74, 6) is 0.102. The Morgan fingerprint density at radius 1 is 1.17 bits per heavy atom. The highest BCUT2D eigenvalue weighted by Gasteiger charge is 2.39. The van der Waals surface area contributed by atoms with Crippen LogP contribution in [0.3, 0.4) is 0 Å². The van der Waals surface area contributed by atoms with Gasteiger partial charge in [-0.15, -0.1) is 0 Å². The van der Waals surface area contributed by atoms with Crippen molar-refractivity contribution >= 4 is 19.9 Å². The second kappa shape index (κ2) is 6.77. The van der Waals surface area contributed by atoms with Crippen LogP contribution in [0.15, 0.2) is 17.0 Å². The highest BCUT2D eigenvalue weighted by Crippen LogP contribution is 2.30. The molecule has 1 saturated heterocycles. The average molecular weight is 374 g/mol. The lowest BCUT2D eigenvalue weighted by molar-refractivity contribution is 0.307. The van der Waals surface area contributed by atoms with E-state index in [0.29, 0.717) is 29.0 Å². The van der Waals surface area contributed by atoms with E-state index >= 15 is 0 Å². The van der Waals surface area contributed by atoms with Crippen molar-refractivity contribution in [1.29, 1.82) is 0 Å². The van der Waals surface area contributed by atoms with Crippen LogP contribution in [-0.4, -0.2) is 45.2 Å². The van der Waals surface area contributed by atoms with Crippen LogP contribution in [0.2, 0.25) is 0 Å². The zero-order valence-electron chi connectivity index (χ0n) is 15.0. The van der Waals surface area contributed by atoms with Crippen molar-refractivity contribution in [2.75, 3.05) is 18.1 Å². The van der Waals surface area contributed by atoms with Crippen molar-refractivity contribution in [2.45, 2.75) is 52.0 Å². The Kier molecular flexibility index (Phi) is 5.47. The monoisotopic (exact) mass is 373 g/mol. The number of nitrogens with zero attached hydrogens (tertiary/aromatic N) is 1. The Bertz CT molecular complexity index is 803. The van der Waals surface area contributed by atoms with Crippen molar-refractivity contribution in [3.63, 3.8) is 0 Å². The molecule has 5 nitrogen and oxygen atoms in total. The number of rotatable bonds is 5. The molecular formula is C17H27NO4S2. The maximum absolute atomic E-state index is 13.3. The van der Waals surface area contributed by atoms with Crippen LogP contribution in [0.4, 0.5) is 0 Å². The first-order chi connectivity index (χ1) is 10.9. The molecule has 1 aromatic carbocycles. The van der Waals surface area contributed by atoms with Gasteiger partial charge in [0.05, 0.1) is 16.4 Å². The van der Waals surface area contributed by atoms with E-state index in [1.807, 2.05) is 32.9 Å². The maximum atomic E-state index is 13.3. The molecule has 0 unspecified atom stereocenters. The summed E-state index contributed by atoms with van der Waals surface area (Å²) in [5, 5.41) is 0. The van der Waals surface area contributed by atoms with E-state index in [1.54, 1.807) is 13.8 Å². The lowest BCUT2D eigenvalue weighted by atomic mass is 10.1. The first kappa shape index (κ1) is 19.4. The standard InChI is InChI=1S/C17H27NO4S2/c1-12(2)10-18(16-6-7-23(19,20)11-16)24(21,22)17-14(4)8-13(3)9-15(17)5/h8-9,12,16H,6-7,10-11H2,1-5H3/t16-/m1/s1. The van der Waals surface area contributed by atoms with Gasteiger partial charge in [-0.3, -0.25) is 0 Å². The maximum Gasteiger partial charge on any atom is 0.243 e. The Hall–Kier alpha value is -0.920. The molecule has 0 aliphatic carbocycles. The molecule has 1 heterocycles. The van der Waals surface area contributed by atoms with Crippen molar-refractivity contribution in [1.82, 2.24) is 4.31 Å². The highest BCUT2D eigenvalue weighted by molar-refractivity contribution is 7.92. The molecule has 1 fully saturated rings. The summed E-state index contributed by atoms with van der Waals surface area (Å²) in [4.78, 5) is 0.318. The minimum absolute atomic E-state index is 0.0631. The van der Waals surface area contributed by atoms with Crippen LogP contribution in [-0.2, 0) is 19.9 Å². The van der Waals surface area contributed by atoms with Crippen LogP contribution < -0.4 is 0 Å². The molecule has 0 radical (unpaired) electrons. The van der Waals surface area contributed by atoms with Gasteiger partial charge in [-0.2, -0.15) is 4.31 Å². The average Bonchev–Trinajstić information content (AvgIpc) is 2.74. The Balaban J connectivity index is 2.53. The fourth-order valence-electron chi connectivity index (χ4n) is 3.50. The summed E-state index contributed by atoms with van der Waals surface area (Å²) in [6.45, 7) is 9.75. The van der Waals surface area contributed by atoms with E-state index in [0.717, 1.165) is 5.56 Å². The molecule has 0 N–H and O–H groups in total. The van der Waals surface area contributed by atoms with Gasteiger partial charge in [0, 0.05) is 12.6 Å². The van der Waals surface area contributed by atoms with Crippen molar-refractivity contribution < 1.29 is 16.8 Å². The van der Waals surface area contributed by atoms with Gasteiger partial charge in [0.15, 0.2) is 9.84 Å². The van der Waals surface area contributed by atoms with Crippen LogP contribution in [0, 0.1) is 26.7 Å². The number of hydrogen-bond donors (Lipinski definition) is 0. The van der Waals surface area contributed by atoms with E-state index in [2.05, 4.69) is 0 Å². The molecule has 24 heavy (non-hydrogen) atoms. The Labute approximate surface area is 146 Å². The number of hydrogen-bond acceptors (Lipinski definition) is 4. The second-order valence-electron chi connectivity index (χ2n) is 7.25. The van der Waals surface area contributed by atoms with Crippen molar-refractivity contribution in [3.05, 3.63) is 28.8 Å². The molecule has 1 aliphatic rings. The molecule has 0 bridgehead atoms. The molecule has 1 aliphatic heterocycles. The van der Waals surface area contributed by atoms with Gasteiger partial charge >= 0.3 is 0 Å². The summed E-state index contributed by atoms with van der Waals surface area (Å²) >= 11 is 0. The molecule has 0 spiro atoms. The fraction of sp³-hybridized carbons (Fsp3) is 0.647. The molecule has 0 saturated carbocycles. The van der Waals surface area contributed by atoms with Crippen molar-refractivity contribution in [2.24, 2.45) is 5.92 Å². The largest absolute Gasteiger partial charge is 0.243 e. The Morgan fingerprint density at radius 3 is 2.12 bits per heavy atom. The van der Waals surface area contributed by atoms with Crippen molar-refractivity contribution in [3.8, 4) is 0 Å². The van der Waals surface area contributed by atoms with Crippen LogP contribution in [0.25, 0.3) is 0 Å². The third-order valence-corrected chi connectivity index (χ3v) is 8.31. The predicted octanol–water partition coefficient (Wildman–Crippen LogP) is 2.45. The van der Waals surface area contributed by atoms with E-state index in [-0.39, 0.29) is 17.4 Å². The molecule has 0 aromatic heterocycles. The van der Waals surface area contributed by atoms with Gasteiger partial charge in [0.25, 0.3) is 0 Å². The van der Waals surface area contributed by atoms with Gasteiger partial charge in [0.2, 0.25) is 10.0 Å². The van der Waals surface area contributed by atoms with E-state index in [4.69, 9.17) is 0 Å². The van der Waals surface area contributed by atoms with Crippen LogP contribution in [0.5, 0.6) is 0 Å². The lowest BCUT2D eigenvalue weighted by Crippen LogP contribution is -2.43. The van der Waals surface area contributed by atoms with E-state index in [9.17, 15) is 16.8 Å². The summed E-state index contributed by atoms with van der Waals surface area (Å²) < 4.78 is 51.8. The third-order valence-electron chi connectivity index (χ3n) is 4.33. The molecule has 7 heteroatoms. The van der Waals surface area contributed by atoms with Gasteiger partial charge in [0.1, 0.15) is 0 Å². The summed E-state index contributed by atoms with van der Waals surface area (Å²) in [6, 6.07) is 3.25. The molecule has 2 rings (SSSR count). The smallest absolute Gasteiger partial charge is 0.229 e. The molecule has 0 amide bonds. The minimum atomic E-state index is -3.74. The number of sulfonamides is 1. The Morgan fingerprint density at radius 2 is 1.71 bits per heavy atom. The lowest BCUT2D eigenvalue weighted by Gasteiger charge is -2.30.